The molecule has 0 saturated heterocycles. The third-order valence-corrected chi connectivity index (χ3v) is 3.70. The van der Waals surface area contributed by atoms with Gasteiger partial charge in [0.1, 0.15) is 0 Å². The molecule has 1 N–H and O–H groups in total. The molecule has 11 heteroatoms. The van der Waals surface area contributed by atoms with Gasteiger partial charge in [-0.1, -0.05) is 0 Å². The Kier molecular flexibility index (Phi) is 5.73. The summed E-state index contributed by atoms with van der Waals surface area (Å²) in [6, 6.07) is 4.25. The fourth-order valence-corrected chi connectivity index (χ4v) is 2.45. The Morgan fingerprint density at radius 3 is 2.86 bits per heavy atom. The lowest BCUT2D eigenvalue weighted by Crippen LogP contribution is -2.23. The number of nitrogens with zero attached hydrogens (tertiary/aromatic N) is 2. The highest BCUT2D eigenvalue weighted by molar-refractivity contribution is 5.72. The minimum Gasteiger partial charge on any atom is -0.478 e. The van der Waals surface area contributed by atoms with Gasteiger partial charge in [-0.05, 0) is 38.1 Å². The summed E-state index contributed by atoms with van der Waals surface area (Å²) in [4.78, 5) is 17.0. The minimum absolute atomic E-state index is 0.0556. The van der Waals surface area contributed by atoms with Crippen molar-refractivity contribution in [3.63, 3.8) is 0 Å². The smallest absolute Gasteiger partial charge is 0.387 e. The van der Waals surface area contributed by atoms with E-state index in [1.165, 1.54) is 24.6 Å². The summed E-state index contributed by atoms with van der Waals surface area (Å²) in [5.41, 5.74) is 2.74. The van der Waals surface area contributed by atoms with Gasteiger partial charge in [0.2, 0.25) is 6.39 Å². The molecule has 150 valence electrons. The zero-order valence-corrected chi connectivity index (χ0v) is 15.0. The molecule has 0 spiro atoms. The number of nitrogens with one attached hydrogen (secondary N) is 1. The zero-order chi connectivity index (χ0) is 20.1. The van der Waals surface area contributed by atoms with Gasteiger partial charge >= 0.3 is 12.6 Å². The lowest BCUT2D eigenvalue weighted by Gasteiger charge is -2.14. The van der Waals surface area contributed by atoms with Crippen LogP contribution >= 0.6 is 0 Å². The first-order valence-electron chi connectivity index (χ1n) is 8.22. The number of benzene rings is 1. The lowest BCUT2D eigenvalue weighted by molar-refractivity contribution is -0.145. The molecular weight excluding hydrogens is 380 g/mol. The molecule has 1 aromatic carbocycles. The number of hydrogen-bond acceptors (Lipinski definition) is 9. The molecule has 1 aliphatic rings. The summed E-state index contributed by atoms with van der Waals surface area (Å²) >= 11 is 0. The molecule has 0 amide bonds. The molecule has 3 rings (SSSR count). The highest BCUT2D eigenvalue weighted by atomic mass is 19.3. The molecule has 0 fully saturated rings. The van der Waals surface area contributed by atoms with Crippen molar-refractivity contribution in [3.8, 4) is 11.5 Å². The van der Waals surface area contributed by atoms with Gasteiger partial charge in [-0.15, -0.1) is 10.2 Å². The van der Waals surface area contributed by atoms with Crippen molar-refractivity contribution >= 4 is 11.7 Å². The summed E-state index contributed by atoms with van der Waals surface area (Å²) in [6.07, 6.45) is 2.85. The van der Waals surface area contributed by atoms with Crippen LogP contribution in [0.4, 0.5) is 8.78 Å². The number of carbonyl (C=O) groups excluding carboxylic acids is 1. The number of hydrogen-bond donors (Lipinski definition) is 1. The third-order valence-electron chi connectivity index (χ3n) is 3.70. The summed E-state index contributed by atoms with van der Waals surface area (Å²) in [7, 11) is 0. The zero-order valence-electron chi connectivity index (χ0n) is 15.0. The molecule has 1 aliphatic heterocycles. The van der Waals surface area contributed by atoms with Gasteiger partial charge in [0.05, 0.1) is 12.3 Å². The van der Waals surface area contributed by atoms with Crippen molar-refractivity contribution in [2.45, 2.75) is 26.1 Å². The Bertz CT molecular complexity index is 859. The topological polar surface area (TPSA) is 105 Å². The van der Waals surface area contributed by atoms with Gasteiger partial charge in [0.15, 0.2) is 23.7 Å². The van der Waals surface area contributed by atoms with Crippen molar-refractivity contribution in [3.05, 3.63) is 42.1 Å². The second kappa shape index (κ2) is 8.21. The Labute approximate surface area is 158 Å². The number of aromatic nitrogens is 2. The number of esters is 1. The lowest BCUT2D eigenvalue weighted by atomic mass is 10.0. The van der Waals surface area contributed by atoms with Crippen LogP contribution < -0.4 is 15.0 Å². The van der Waals surface area contributed by atoms with E-state index in [4.69, 9.17) is 18.7 Å². The van der Waals surface area contributed by atoms with Gasteiger partial charge in [-0.2, -0.15) is 8.78 Å². The Hall–Kier alpha value is -3.21. The Morgan fingerprint density at radius 2 is 2.18 bits per heavy atom. The van der Waals surface area contributed by atoms with Gasteiger partial charge in [-0.3, -0.25) is 10.3 Å². The highest BCUT2D eigenvalue weighted by Gasteiger charge is 2.37. The van der Waals surface area contributed by atoms with Gasteiger partial charge < -0.3 is 18.6 Å². The molecule has 28 heavy (non-hydrogen) atoms. The van der Waals surface area contributed by atoms with Gasteiger partial charge in [-0.25, -0.2) is 4.79 Å². The van der Waals surface area contributed by atoms with E-state index in [1.807, 2.05) is 0 Å². The predicted octanol–water partition coefficient (Wildman–Crippen LogP) is 2.40. The first-order valence-corrected chi connectivity index (χ1v) is 8.22. The second-order valence-electron chi connectivity index (χ2n) is 5.75. The van der Waals surface area contributed by atoms with Crippen LogP contribution in [0.1, 0.15) is 25.3 Å². The first kappa shape index (κ1) is 19.5. The number of ether oxygens (including phenoxy) is 3. The molecule has 2 heterocycles. The van der Waals surface area contributed by atoms with Crippen molar-refractivity contribution in [1.29, 1.82) is 0 Å². The van der Waals surface area contributed by atoms with Crippen LogP contribution in [0, 0.1) is 0 Å². The molecular formula is C17H17F2N3O6. The van der Waals surface area contributed by atoms with E-state index in [-0.39, 0.29) is 24.0 Å². The fourth-order valence-electron chi connectivity index (χ4n) is 2.45. The molecule has 0 saturated carbocycles. The number of carbonyl (C=O) groups is 1. The maximum Gasteiger partial charge on any atom is 0.387 e. The van der Waals surface area contributed by atoms with E-state index in [1.54, 1.807) is 19.9 Å². The van der Waals surface area contributed by atoms with E-state index in [2.05, 4.69) is 20.4 Å². The van der Waals surface area contributed by atoms with Crippen LogP contribution in [0.2, 0.25) is 0 Å². The molecule has 1 atom stereocenters. The number of alkyl halides is 2. The van der Waals surface area contributed by atoms with E-state index < -0.39 is 24.8 Å². The van der Waals surface area contributed by atoms with Gasteiger partial charge in [0, 0.05) is 5.56 Å². The summed E-state index contributed by atoms with van der Waals surface area (Å²) in [6.45, 7) is 0.00353. The van der Waals surface area contributed by atoms with E-state index >= 15 is 0 Å². The van der Waals surface area contributed by atoms with Crippen molar-refractivity contribution in [2.75, 3.05) is 13.2 Å². The van der Waals surface area contributed by atoms with E-state index in [9.17, 15) is 13.6 Å². The number of rotatable bonds is 8. The average molecular weight is 397 g/mol. The number of hydroxylamine groups is 1. The van der Waals surface area contributed by atoms with Crippen molar-refractivity contribution in [1.82, 2.24) is 15.7 Å². The summed E-state index contributed by atoms with van der Waals surface area (Å²) < 4.78 is 45.0. The number of halogens is 2. The quantitative estimate of drug-likeness (QED) is 0.672. The maximum absolute atomic E-state index is 12.6. The van der Waals surface area contributed by atoms with Crippen LogP contribution in [-0.4, -0.2) is 36.0 Å². The molecule has 1 unspecified atom stereocenters. The first-order chi connectivity index (χ1) is 13.4. The third kappa shape index (κ3) is 4.36. The van der Waals surface area contributed by atoms with E-state index in [0.29, 0.717) is 11.3 Å². The predicted molar refractivity (Wildman–Crippen MR) is 89.0 cm³/mol. The standard InChI is InChI=1S/C17H17F2N3O6/c1-3-24-14(23)8-25-13-6-10(4-5-12(13)27-16(18)19)11-7-17(2,28-22-11)15-21-20-9-26-15/h4-7,9,16,22H,3,8H2,1-2H3. The Morgan fingerprint density at radius 1 is 1.36 bits per heavy atom. The molecule has 2 aromatic rings. The second-order valence-corrected chi connectivity index (χ2v) is 5.75. The highest BCUT2D eigenvalue weighted by Crippen LogP contribution is 2.36. The van der Waals surface area contributed by atoms with Crippen LogP contribution in [0.25, 0.3) is 5.70 Å². The Balaban J connectivity index is 1.85. The van der Waals surface area contributed by atoms with Crippen LogP contribution in [0.15, 0.2) is 35.1 Å². The normalized spacial score (nSPS) is 18.5. The monoisotopic (exact) mass is 397 g/mol. The SMILES string of the molecule is CCOC(=O)COc1cc(C2=CC(C)(c3nnco3)ON2)ccc1OC(F)F. The molecule has 0 aliphatic carbocycles. The molecule has 0 bridgehead atoms. The van der Waals surface area contributed by atoms with Crippen molar-refractivity contribution in [2.24, 2.45) is 0 Å². The molecule has 1 aromatic heterocycles. The average Bonchev–Trinajstić information content (AvgIpc) is 3.31. The van der Waals surface area contributed by atoms with Crippen LogP contribution in [0.5, 0.6) is 11.5 Å². The summed E-state index contributed by atoms with van der Waals surface area (Å²) in [5, 5.41) is 7.44. The van der Waals surface area contributed by atoms with Crippen molar-refractivity contribution < 1.29 is 37.0 Å². The summed E-state index contributed by atoms with van der Waals surface area (Å²) in [5.74, 6) is -0.685. The van der Waals surface area contributed by atoms with E-state index in [0.717, 1.165) is 0 Å². The van der Waals surface area contributed by atoms with Crippen LogP contribution in [-0.2, 0) is 20.0 Å². The minimum atomic E-state index is -3.05. The maximum atomic E-state index is 12.6. The van der Waals surface area contributed by atoms with Crippen LogP contribution in [0.3, 0.4) is 0 Å². The fraction of sp³-hybridized carbons (Fsp3) is 0.353. The van der Waals surface area contributed by atoms with Gasteiger partial charge in [0.25, 0.3) is 5.89 Å². The molecule has 9 nitrogen and oxygen atoms in total. The molecule has 0 radical (unpaired) electrons. The largest absolute Gasteiger partial charge is 0.478 e.